The van der Waals surface area contributed by atoms with Gasteiger partial charge in [0.25, 0.3) is 0 Å². The maximum atomic E-state index is 2.74. The minimum Gasteiger partial charge on any atom is -0.300 e. The molecule has 0 saturated heterocycles. The third-order valence-electron chi connectivity index (χ3n) is 3.82. The molecule has 0 N–H and O–H groups in total. The summed E-state index contributed by atoms with van der Waals surface area (Å²) in [5.41, 5.74) is 0. The fraction of sp³-hybridized carbons (Fsp3) is 1.00. The standard InChI is InChI=1S/C14H29N/c1-4-9-13(3)12-15(5-2)14-10-7-6-8-11-14/h13-14H,4-12H2,1-3H3. The lowest BCUT2D eigenvalue weighted by Crippen LogP contribution is -2.39. The average Bonchev–Trinajstić information content (AvgIpc) is 2.27. The fourth-order valence-electron chi connectivity index (χ4n) is 2.97. The van der Waals surface area contributed by atoms with Gasteiger partial charge in [-0.25, -0.2) is 0 Å². The Bertz CT molecular complexity index is 149. The molecule has 1 unspecified atom stereocenters. The predicted octanol–water partition coefficient (Wildman–Crippen LogP) is 4.08. The molecule has 1 fully saturated rings. The lowest BCUT2D eigenvalue weighted by molar-refractivity contribution is 0.141. The van der Waals surface area contributed by atoms with Gasteiger partial charge in [0.05, 0.1) is 0 Å². The number of hydrogen-bond acceptors (Lipinski definition) is 1. The normalized spacial score (nSPS) is 20.8. The van der Waals surface area contributed by atoms with Crippen molar-refractivity contribution in [1.82, 2.24) is 4.90 Å². The number of nitrogens with zero attached hydrogens (tertiary/aromatic N) is 1. The first-order chi connectivity index (χ1) is 7.27. The summed E-state index contributed by atoms with van der Waals surface area (Å²) in [4.78, 5) is 2.74. The summed E-state index contributed by atoms with van der Waals surface area (Å²) in [6, 6.07) is 0.906. The Labute approximate surface area is 96.2 Å². The SMILES string of the molecule is CCCC(C)CN(CC)C1CCCCC1. The first kappa shape index (κ1) is 13.0. The molecule has 0 aliphatic heterocycles. The van der Waals surface area contributed by atoms with Crippen LogP contribution in [0.4, 0.5) is 0 Å². The minimum absolute atomic E-state index is 0.886. The van der Waals surface area contributed by atoms with Crippen LogP contribution in [0.1, 0.15) is 65.7 Å². The van der Waals surface area contributed by atoms with E-state index in [0.717, 1.165) is 12.0 Å². The first-order valence-electron chi connectivity index (χ1n) is 7.02. The maximum Gasteiger partial charge on any atom is 0.00952 e. The summed E-state index contributed by atoms with van der Waals surface area (Å²) in [6.45, 7) is 9.61. The van der Waals surface area contributed by atoms with Gasteiger partial charge in [0.1, 0.15) is 0 Å². The van der Waals surface area contributed by atoms with Crippen molar-refractivity contribution in [2.75, 3.05) is 13.1 Å². The van der Waals surface area contributed by atoms with E-state index in [9.17, 15) is 0 Å². The van der Waals surface area contributed by atoms with E-state index in [0.29, 0.717) is 0 Å². The Morgan fingerprint density at radius 3 is 2.33 bits per heavy atom. The van der Waals surface area contributed by atoms with Crippen molar-refractivity contribution >= 4 is 0 Å². The van der Waals surface area contributed by atoms with E-state index in [1.54, 1.807) is 0 Å². The molecule has 1 heteroatoms. The molecule has 0 aromatic rings. The molecule has 0 heterocycles. The molecule has 0 radical (unpaired) electrons. The van der Waals surface area contributed by atoms with Crippen LogP contribution in [0.5, 0.6) is 0 Å². The Hall–Kier alpha value is -0.0400. The summed E-state index contributed by atoms with van der Waals surface area (Å²) < 4.78 is 0. The summed E-state index contributed by atoms with van der Waals surface area (Å²) >= 11 is 0. The van der Waals surface area contributed by atoms with Gasteiger partial charge in [-0.05, 0) is 31.7 Å². The summed E-state index contributed by atoms with van der Waals surface area (Å²) in [6.07, 6.45) is 10.0. The zero-order valence-corrected chi connectivity index (χ0v) is 11.0. The van der Waals surface area contributed by atoms with Gasteiger partial charge in [0.2, 0.25) is 0 Å². The van der Waals surface area contributed by atoms with E-state index in [1.165, 1.54) is 58.0 Å². The lowest BCUT2D eigenvalue weighted by atomic mass is 9.93. The van der Waals surface area contributed by atoms with E-state index >= 15 is 0 Å². The highest BCUT2D eigenvalue weighted by Crippen LogP contribution is 2.23. The minimum atomic E-state index is 0.886. The predicted molar refractivity (Wildman–Crippen MR) is 68.2 cm³/mol. The highest BCUT2D eigenvalue weighted by molar-refractivity contribution is 4.76. The van der Waals surface area contributed by atoms with Gasteiger partial charge in [-0.1, -0.05) is 46.5 Å². The first-order valence-corrected chi connectivity index (χ1v) is 7.02. The molecule has 90 valence electrons. The van der Waals surface area contributed by atoms with E-state index in [1.807, 2.05) is 0 Å². The summed E-state index contributed by atoms with van der Waals surface area (Å²) in [5, 5.41) is 0. The van der Waals surface area contributed by atoms with Crippen LogP contribution in [0.3, 0.4) is 0 Å². The third-order valence-corrected chi connectivity index (χ3v) is 3.82. The maximum absolute atomic E-state index is 2.74. The van der Waals surface area contributed by atoms with Crippen molar-refractivity contribution < 1.29 is 0 Å². The van der Waals surface area contributed by atoms with Crippen LogP contribution in [-0.4, -0.2) is 24.0 Å². The third kappa shape index (κ3) is 4.55. The Morgan fingerprint density at radius 1 is 1.13 bits per heavy atom. The van der Waals surface area contributed by atoms with Crippen molar-refractivity contribution in [2.45, 2.75) is 71.8 Å². The molecule has 0 amide bonds. The summed E-state index contributed by atoms with van der Waals surface area (Å²) in [7, 11) is 0. The molecule has 1 aliphatic carbocycles. The van der Waals surface area contributed by atoms with Crippen LogP contribution in [0.2, 0.25) is 0 Å². The molecule has 15 heavy (non-hydrogen) atoms. The highest BCUT2D eigenvalue weighted by Gasteiger charge is 2.20. The largest absolute Gasteiger partial charge is 0.300 e. The van der Waals surface area contributed by atoms with Crippen LogP contribution >= 0.6 is 0 Å². The van der Waals surface area contributed by atoms with Gasteiger partial charge in [-0.2, -0.15) is 0 Å². The van der Waals surface area contributed by atoms with E-state index in [4.69, 9.17) is 0 Å². The molecule has 1 aliphatic rings. The molecule has 0 aromatic heterocycles. The average molecular weight is 211 g/mol. The molecule has 0 bridgehead atoms. The Kier molecular flexibility index (Phi) is 6.31. The van der Waals surface area contributed by atoms with E-state index < -0.39 is 0 Å². The number of rotatable bonds is 6. The second-order valence-electron chi connectivity index (χ2n) is 5.27. The lowest BCUT2D eigenvalue weighted by Gasteiger charge is -2.35. The Morgan fingerprint density at radius 2 is 1.80 bits per heavy atom. The van der Waals surface area contributed by atoms with Crippen molar-refractivity contribution in [2.24, 2.45) is 5.92 Å². The monoisotopic (exact) mass is 211 g/mol. The van der Waals surface area contributed by atoms with Gasteiger partial charge in [-0.3, -0.25) is 0 Å². The van der Waals surface area contributed by atoms with Gasteiger partial charge in [0, 0.05) is 12.6 Å². The highest BCUT2D eigenvalue weighted by atomic mass is 15.1. The van der Waals surface area contributed by atoms with Gasteiger partial charge in [0.15, 0.2) is 0 Å². The second kappa shape index (κ2) is 7.27. The smallest absolute Gasteiger partial charge is 0.00952 e. The Balaban J connectivity index is 2.32. The molecule has 1 rings (SSSR count). The molecule has 1 nitrogen and oxygen atoms in total. The zero-order chi connectivity index (χ0) is 11.1. The second-order valence-corrected chi connectivity index (χ2v) is 5.27. The topological polar surface area (TPSA) is 3.24 Å². The van der Waals surface area contributed by atoms with Crippen LogP contribution in [0.25, 0.3) is 0 Å². The molecular weight excluding hydrogens is 182 g/mol. The molecule has 0 aromatic carbocycles. The zero-order valence-electron chi connectivity index (χ0n) is 11.0. The number of hydrogen-bond donors (Lipinski definition) is 0. The quantitative estimate of drug-likeness (QED) is 0.640. The molecule has 1 atom stereocenters. The molecule has 0 spiro atoms. The molecular formula is C14H29N. The van der Waals surface area contributed by atoms with Gasteiger partial charge < -0.3 is 4.90 Å². The van der Waals surface area contributed by atoms with Crippen molar-refractivity contribution in [3.8, 4) is 0 Å². The van der Waals surface area contributed by atoms with Crippen LogP contribution < -0.4 is 0 Å². The van der Waals surface area contributed by atoms with Crippen LogP contribution in [-0.2, 0) is 0 Å². The van der Waals surface area contributed by atoms with E-state index in [2.05, 4.69) is 25.7 Å². The molecule has 1 saturated carbocycles. The van der Waals surface area contributed by atoms with Crippen LogP contribution in [0.15, 0.2) is 0 Å². The van der Waals surface area contributed by atoms with Gasteiger partial charge in [-0.15, -0.1) is 0 Å². The van der Waals surface area contributed by atoms with Crippen molar-refractivity contribution in [3.63, 3.8) is 0 Å². The van der Waals surface area contributed by atoms with E-state index in [-0.39, 0.29) is 0 Å². The van der Waals surface area contributed by atoms with Gasteiger partial charge >= 0.3 is 0 Å². The van der Waals surface area contributed by atoms with Crippen molar-refractivity contribution in [3.05, 3.63) is 0 Å². The van der Waals surface area contributed by atoms with Crippen LogP contribution in [0, 0.1) is 5.92 Å². The summed E-state index contributed by atoms with van der Waals surface area (Å²) in [5.74, 6) is 0.886. The van der Waals surface area contributed by atoms with Crippen molar-refractivity contribution in [1.29, 1.82) is 0 Å². The fourth-order valence-corrected chi connectivity index (χ4v) is 2.97.